The Kier molecular flexibility index (Phi) is 6.32. The van der Waals surface area contributed by atoms with Crippen LogP contribution in [0.3, 0.4) is 0 Å². The highest BCUT2D eigenvalue weighted by molar-refractivity contribution is 5.92. The Labute approximate surface area is 144 Å². The van der Waals surface area contributed by atoms with E-state index in [2.05, 4.69) is 0 Å². The number of halogens is 7. The largest absolute Gasteiger partial charge is 0.497 e. The number of allylic oxidation sites excluding steroid dienone is 2. The van der Waals surface area contributed by atoms with Gasteiger partial charge in [0.25, 0.3) is 0 Å². The molecule has 1 aromatic carbocycles. The lowest BCUT2D eigenvalue weighted by Gasteiger charge is -2.28. The Hall–Kier alpha value is -2.26. The zero-order valence-corrected chi connectivity index (χ0v) is 13.7. The van der Waals surface area contributed by atoms with Gasteiger partial charge >= 0.3 is 18.0 Å². The molecule has 0 aliphatic heterocycles. The standard InChI is InChI=1S/C16H16F7NO2/c1-9(7-10-3-5-11(26-2)6-4-10)12(25)8-13(24)14(17,18)15(19,20)16(21,22)23/h3-6,8-9H,7,24H2,1-2H3/b13-8-. The second kappa shape index (κ2) is 7.55. The lowest BCUT2D eigenvalue weighted by molar-refractivity contribution is -0.344. The molecule has 1 unspecified atom stereocenters. The van der Waals surface area contributed by atoms with Gasteiger partial charge in [0.1, 0.15) is 5.75 Å². The van der Waals surface area contributed by atoms with Crippen molar-refractivity contribution >= 4 is 5.78 Å². The van der Waals surface area contributed by atoms with Crippen molar-refractivity contribution in [1.29, 1.82) is 0 Å². The number of carbonyl (C=O) groups excluding carboxylic acids is 1. The Bertz CT molecular complexity index is 666. The van der Waals surface area contributed by atoms with Crippen molar-refractivity contribution in [2.45, 2.75) is 31.4 Å². The SMILES string of the molecule is COc1ccc(CC(C)C(=O)/C=C(\N)C(F)(F)C(F)(F)C(F)(F)F)cc1. The molecule has 0 saturated carbocycles. The van der Waals surface area contributed by atoms with Crippen LogP contribution in [0.25, 0.3) is 0 Å². The molecule has 0 bridgehead atoms. The Morgan fingerprint density at radius 3 is 2.04 bits per heavy atom. The fraction of sp³-hybridized carbons (Fsp3) is 0.438. The zero-order valence-electron chi connectivity index (χ0n) is 13.7. The predicted molar refractivity (Wildman–Crippen MR) is 79.1 cm³/mol. The summed E-state index contributed by atoms with van der Waals surface area (Å²) in [5, 5.41) is 0. The number of rotatable bonds is 7. The summed E-state index contributed by atoms with van der Waals surface area (Å²) in [4.78, 5) is 11.9. The molecule has 1 atom stereocenters. The molecule has 2 N–H and O–H groups in total. The third-order valence-electron chi connectivity index (χ3n) is 3.60. The van der Waals surface area contributed by atoms with E-state index in [1.165, 1.54) is 14.0 Å². The van der Waals surface area contributed by atoms with Crippen molar-refractivity contribution in [3.05, 3.63) is 41.6 Å². The van der Waals surface area contributed by atoms with E-state index in [-0.39, 0.29) is 12.5 Å². The average Bonchev–Trinajstić information content (AvgIpc) is 2.54. The molecule has 0 aliphatic carbocycles. The molecular weight excluding hydrogens is 371 g/mol. The van der Waals surface area contributed by atoms with E-state index in [0.29, 0.717) is 11.3 Å². The number of ether oxygens (including phenoxy) is 1. The van der Waals surface area contributed by atoms with Crippen molar-refractivity contribution in [3.63, 3.8) is 0 Å². The maximum Gasteiger partial charge on any atom is 0.460 e. The van der Waals surface area contributed by atoms with Crippen molar-refractivity contribution in [2.75, 3.05) is 7.11 Å². The average molecular weight is 387 g/mol. The maximum absolute atomic E-state index is 13.4. The number of hydrogen-bond acceptors (Lipinski definition) is 3. The van der Waals surface area contributed by atoms with Crippen LogP contribution in [0.1, 0.15) is 12.5 Å². The van der Waals surface area contributed by atoms with Crippen molar-refractivity contribution in [2.24, 2.45) is 11.7 Å². The minimum atomic E-state index is -6.52. The second-order valence-electron chi connectivity index (χ2n) is 5.60. The van der Waals surface area contributed by atoms with Gasteiger partial charge in [-0.15, -0.1) is 0 Å². The number of ketones is 1. The summed E-state index contributed by atoms with van der Waals surface area (Å²) in [6.07, 6.45) is -6.56. The number of alkyl halides is 7. The molecule has 0 spiro atoms. The highest BCUT2D eigenvalue weighted by atomic mass is 19.4. The molecule has 10 heteroatoms. The van der Waals surface area contributed by atoms with E-state index in [1.54, 1.807) is 24.3 Å². The van der Waals surface area contributed by atoms with E-state index in [9.17, 15) is 35.5 Å². The number of benzene rings is 1. The van der Waals surface area contributed by atoms with Crippen LogP contribution in [0.4, 0.5) is 30.7 Å². The topological polar surface area (TPSA) is 52.3 Å². The van der Waals surface area contributed by atoms with Gasteiger partial charge in [0.15, 0.2) is 5.78 Å². The summed E-state index contributed by atoms with van der Waals surface area (Å²) in [6.45, 7) is 1.30. The van der Waals surface area contributed by atoms with Crippen molar-refractivity contribution in [3.8, 4) is 5.75 Å². The Morgan fingerprint density at radius 2 is 1.62 bits per heavy atom. The third kappa shape index (κ3) is 4.47. The first kappa shape index (κ1) is 21.8. The maximum atomic E-state index is 13.4. The van der Waals surface area contributed by atoms with Gasteiger partial charge in [0.05, 0.1) is 12.8 Å². The van der Waals surface area contributed by atoms with Crippen LogP contribution in [0.15, 0.2) is 36.0 Å². The van der Waals surface area contributed by atoms with Crippen LogP contribution in [-0.2, 0) is 11.2 Å². The van der Waals surface area contributed by atoms with Crippen molar-refractivity contribution < 1.29 is 40.3 Å². The van der Waals surface area contributed by atoms with Gasteiger partial charge in [-0.25, -0.2) is 0 Å². The predicted octanol–water partition coefficient (Wildman–Crippen LogP) is 4.12. The van der Waals surface area contributed by atoms with Crippen molar-refractivity contribution in [1.82, 2.24) is 0 Å². The monoisotopic (exact) mass is 387 g/mol. The number of hydrogen-bond donors (Lipinski definition) is 1. The minimum absolute atomic E-state index is 0.0356. The summed E-state index contributed by atoms with van der Waals surface area (Å²) >= 11 is 0. The summed E-state index contributed by atoms with van der Waals surface area (Å²) in [5.41, 5.74) is 3.15. The van der Waals surface area contributed by atoms with Gasteiger partial charge < -0.3 is 10.5 Å². The molecule has 0 amide bonds. The molecule has 0 saturated heterocycles. The second-order valence-corrected chi connectivity index (χ2v) is 5.60. The first-order valence-corrected chi connectivity index (χ1v) is 7.20. The fourth-order valence-corrected chi connectivity index (χ4v) is 1.96. The van der Waals surface area contributed by atoms with Crippen LogP contribution < -0.4 is 10.5 Å². The molecule has 1 aromatic rings. The lowest BCUT2D eigenvalue weighted by atomic mass is 9.95. The number of carbonyl (C=O) groups is 1. The number of methoxy groups -OCH3 is 1. The summed E-state index contributed by atoms with van der Waals surface area (Å²) in [7, 11) is 1.44. The first-order chi connectivity index (χ1) is 11.7. The zero-order chi connectivity index (χ0) is 20.3. The van der Waals surface area contributed by atoms with Gasteiger partial charge in [-0.3, -0.25) is 4.79 Å². The highest BCUT2D eigenvalue weighted by Crippen LogP contribution is 2.48. The lowest BCUT2D eigenvalue weighted by Crippen LogP contribution is -2.54. The van der Waals surface area contributed by atoms with Crippen LogP contribution in [0.5, 0.6) is 5.75 Å². The van der Waals surface area contributed by atoms with Crippen LogP contribution >= 0.6 is 0 Å². The van der Waals surface area contributed by atoms with Gasteiger partial charge in [-0.2, -0.15) is 30.7 Å². The Morgan fingerprint density at radius 1 is 1.12 bits per heavy atom. The number of nitrogens with two attached hydrogens (primary N) is 1. The molecule has 1 rings (SSSR count). The fourth-order valence-electron chi connectivity index (χ4n) is 1.96. The quantitative estimate of drug-likeness (QED) is 0.566. The smallest absolute Gasteiger partial charge is 0.460 e. The molecule has 3 nitrogen and oxygen atoms in total. The molecule has 0 radical (unpaired) electrons. The van der Waals surface area contributed by atoms with Gasteiger partial charge in [-0.1, -0.05) is 19.1 Å². The van der Waals surface area contributed by atoms with Gasteiger partial charge in [0.2, 0.25) is 0 Å². The molecule has 0 heterocycles. The normalized spacial score (nSPS) is 14.9. The molecule has 0 fully saturated rings. The molecule has 26 heavy (non-hydrogen) atoms. The van der Waals surface area contributed by atoms with E-state index in [1.807, 2.05) is 0 Å². The molecule has 0 aliphatic rings. The first-order valence-electron chi connectivity index (χ1n) is 7.20. The van der Waals surface area contributed by atoms with E-state index >= 15 is 0 Å². The summed E-state index contributed by atoms with van der Waals surface area (Å²) < 4.78 is 93.9. The van der Waals surface area contributed by atoms with Crippen LogP contribution in [0, 0.1) is 5.92 Å². The van der Waals surface area contributed by atoms with Gasteiger partial charge in [-0.05, 0) is 24.1 Å². The highest BCUT2D eigenvalue weighted by Gasteiger charge is 2.74. The summed E-state index contributed by atoms with van der Waals surface area (Å²) in [5.74, 6) is -13.7. The molecule has 146 valence electrons. The van der Waals surface area contributed by atoms with E-state index < -0.39 is 35.4 Å². The minimum Gasteiger partial charge on any atom is -0.497 e. The third-order valence-corrected chi connectivity index (χ3v) is 3.60. The molecular formula is C16H16F7NO2. The van der Waals surface area contributed by atoms with Gasteiger partial charge in [0, 0.05) is 12.0 Å². The Balaban J connectivity index is 2.94. The van der Waals surface area contributed by atoms with E-state index in [4.69, 9.17) is 10.5 Å². The van der Waals surface area contributed by atoms with Crippen LogP contribution in [0.2, 0.25) is 0 Å². The van der Waals surface area contributed by atoms with E-state index in [0.717, 1.165) is 0 Å². The molecule has 0 aromatic heterocycles. The summed E-state index contributed by atoms with van der Waals surface area (Å²) in [6, 6.07) is 6.33. The van der Waals surface area contributed by atoms with Crippen LogP contribution in [-0.4, -0.2) is 30.9 Å².